The van der Waals surface area contributed by atoms with Crippen LogP contribution >= 0.6 is 0 Å². The first-order chi connectivity index (χ1) is 16.9. The maximum Gasteiger partial charge on any atom is 0.322 e. The highest BCUT2D eigenvalue weighted by atomic mass is 19.1. The molecule has 0 saturated carbocycles. The molecular weight excluding hydrogens is 447 g/mol. The number of methoxy groups -OCH3 is 1. The number of amides is 2. The molecule has 2 heterocycles. The molecule has 1 atom stereocenters. The van der Waals surface area contributed by atoms with Gasteiger partial charge < -0.3 is 24.6 Å². The highest BCUT2D eigenvalue weighted by Crippen LogP contribution is 2.40. The number of piperazine rings is 1. The molecule has 0 aromatic heterocycles. The molecule has 1 saturated heterocycles. The van der Waals surface area contributed by atoms with Crippen LogP contribution in [0.25, 0.3) is 0 Å². The van der Waals surface area contributed by atoms with Gasteiger partial charge in [-0.1, -0.05) is 6.07 Å². The second-order valence-corrected chi connectivity index (χ2v) is 8.80. The average Bonchev–Trinajstić information content (AvgIpc) is 3.01. The van der Waals surface area contributed by atoms with Crippen LogP contribution in [-0.2, 0) is 0 Å². The summed E-state index contributed by atoms with van der Waals surface area (Å²) in [6, 6.07) is 17.1. The van der Waals surface area contributed by atoms with E-state index in [1.165, 1.54) is 12.1 Å². The number of nitrogens with one attached hydrogen (secondary N) is 1. The summed E-state index contributed by atoms with van der Waals surface area (Å²) < 4.78 is 24.9. The monoisotopic (exact) mass is 474 g/mol. The largest absolute Gasteiger partial charge is 0.497 e. The fraction of sp³-hybridized carbons (Fsp3) is 0.259. The van der Waals surface area contributed by atoms with Crippen molar-refractivity contribution in [3.05, 3.63) is 77.6 Å². The number of rotatable bonds is 2. The van der Waals surface area contributed by atoms with Crippen molar-refractivity contribution in [1.29, 1.82) is 0 Å². The molecule has 1 N–H and O–H groups in total. The van der Waals surface area contributed by atoms with Gasteiger partial charge in [-0.25, -0.2) is 14.2 Å². The van der Waals surface area contributed by atoms with E-state index in [1.807, 2.05) is 50.2 Å². The summed E-state index contributed by atoms with van der Waals surface area (Å²) in [5.41, 5.74) is 3.25. The molecular formula is C27H27FN4O3. The van der Waals surface area contributed by atoms with Gasteiger partial charge in [0, 0.05) is 31.4 Å². The lowest BCUT2D eigenvalue weighted by molar-refractivity contribution is 0.145. The van der Waals surface area contributed by atoms with Crippen molar-refractivity contribution in [3.63, 3.8) is 0 Å². The summed E-state index contributed by atoms with van der Waals surface area (Å²) in [4.78, 5) is 21.9. The number of hydrogen-bond acceptors (Lipinski definition) is 5. The van der Waals surface area contributed by atoms with Crippen molar-refractivity contribution in [2.45, 2.75) is 19.9 Å². The van der Waals surface area contributed by atoms with Gasteiger partial charge in [0.05, 0.1) is 12.7 Å². The smallest absolute Gasteiger partial charge is 0.322 e. The molecule has 2 amide bonds. The normalized spacial score (nSPS) is 16.9. The Morgan fingerprint density at radius 1 is 1.09 bits per heavy atom. The first kappa shape index (κ1) is 22.7. The van der Waals surface area contributed by atoms with Crippen LogP contribution in [0, 0.1) is 12.7 Å². The number of hydrogen-bond donors (Lipinski definition) is 1. The Hall–Kier alpha value is -4.07. The second kappa shape index (κ2) is 9.29. The SMILES string of the molecule is COc1ccc2c(c1)C(N1CCN(C(=O)Nc3ccc(F)cc3)[C@@H](C)C1)=Nc1ccc(C)cc1O2. The van der Waals surface area contributed by atoms with E-state index in [9.17, 15) is 9.18 Å². The Morgan fingerprint density at radius 2 is 1.89 bits per heavy atom. The summed E-state index contributed by atoms with van der Waals surface area (Å²) in [6.45, 7) is 5.72. The van der Waals surface area contributed by atoms with E-state index in [4.69, 9.17) is 14.5 Å². The number of aliphatic imine (C=N–C) groups is 1. The quantitative estimate of drug-likeness (QED) is 0.528. The predicted molar refractivity (Wildman–Crippen MR) is 134 cm³/mol. The Morgan fingerprint density at radius 3 is 2.63 bits per heavy atom. The Kier molecular flexibility index (Phi) is 6.03. The van der Waals surface area contributed by atoms with Crippen LogP contribution in [0.5, 0.6) is 17.2 Å². The van der Waals surface area contributed by atoms with Gasteiger partial charge in [-0.2, -0.15) is 0 Å². The minimum Gasteiger partial charge on any atom is -0.497 e. The third-order valence-corrected chi connectivity index (χ3v) is 6.27. The van der Waals surface area contributed by atoms with Gasteiger partial charge in [0.25, 0.3) is 0 Å². The van der Waals surface area contributed by atoms with E-state index in [1.54, 1.807) is 24.1 Å². The van der Waals surface area contributed by atoms with Crippen LogP contribution in [0.3, 0.4) is 0 Å². The molecule has 7 nitrogen and oxygen atoms in total. The zero-order valence-electron chi connectivity index (χ0n) is 19.9. The van der Waals surface area contributed by atoms with Gasteiger partial charge >= 0.3 is 6.03 Å². The van der Waals surface area contributed by atoms with Gasteiger partial charge in [0.1, 0.15) is 28.8 Å². The Labute approximate surface area is 203 Å². The lowest BCUT2D eigenvalue weighted by Crippen LogP contribution is -2.56. The minimum absolute atomic E-state index is 0.0809. The zero-order valence-corrected chi connectivity index (χ0v) is 19.9. The molecule has 2 aliphatic heterocycles. The van der Waals surface area contributed by atoms with Gasteiger partial charge in [-0.05, 0) is 74.0 Å². The molecule has 2 aliphatic rings. The first-order valence-corrected chi connectivity index (χ1v) is 11.5. The van der Waals surface area contributed by atoms with Crippen molar-refractivity contribution in [3.8, 4) is 17.2 Å². The third kappa shape index (κ3) is 4.64. The summed E-state index contributed by atoms with van der Waals surface area (Å²) in [5, 5.41) is 2.86. The Bertz CT molecular complexity index is 1290. The predicted octanol–water partition coefficient (Wildman–Crippen LogP) is 5.56. The van der Waals surface area contributed by atoms with Crippen LogP contribution in [-0.4, -0.2) is 54.5 Å². The van der Waals surface area contributed by atoms with Crippen LogP contribution in [0.4, 0.5) is 20.6 Å². The van der Waals surface area contributed by atoms with Crippen molar-refractivity contribution in [2.75, 3.05) is 32.1 Å². The number of ether oxygens (including phenoxy) is 2. The van der Waals surface area contributed by atoms with Gasteiger partial charge in [-0.3, -0.25) is 0 Å². The molecule has 3 aromatic rings. The number of anilines is 1. The zero-order chi connectivity index (χ0) is 24.5. The summed E-state index contributed by atoms with van der Waals surface area (Å²) >= 11 is 0. The number of urea groups is 1. The lowest BCUT2D eigenvalue weighted by atomic mass is 10.1. The van der Waals surface area contributed by atoms with Crippen molar-refractivity contribution < 1.29 is 18.7 Å². The molecule has 0 bridgehead atoms. The number of halogens is 1. The molecule has 0 aliphatic carbocycles. The summed E-state index contributed by atoms with van der Waals surface area (Å²) in [7, 11) is 1.63. The number of fused-ring (bicyclic) bond motifs is 2. The van der Waals surface area contributed by atoms with Gasteiger partial charge in [-0.15, -0.1) is 0 Å². The third-order valence-electron chi connectivity index (χ3n) is 6.27. The van der Waals surface area contributed by atoms with Crippen LogP contribution in [0.2, 0.25) is 0 Å². The second-order valence-electron chi connectivity index (χ2n) is 8.80. The van der Waals surface area contributed by atoms with E-state index in [0.717, 1.165) is 22.6 Å². The molecule has 0 spiro atoms. The summed E-state index contributed by atoms with van der Waals surface area (Å²) in [5.74, 6) is 2.57. The fourth-order valence-corrected chi connectivity index (χ4v) is 4.41. The molecule has 0 unspecified atom stereocenters. The number of aryl methyl sites for hydroxylation is 1. The number of carbonyl (C=O) groups is 1. The maximum atomic E-state index is 13.2. The topological polar surface area (TPSA) is 66.4 Å². The standard InChI is InChI=1S/C27H27FN4O3/c1-17-4-10-23-25(14-17)35-24-11-9-21(34-3)15-22(24)26(30-23)31-12-13-32(18(2)16-31)27(33)29-20-7-5-19(28)6-8-20/h4-11,14-15,18H,12-13,16H2,1-3H3,(H,29,33)/t18-/m0/s1. The van der Waals surface area contributed by atoms with E-state index in [0.29, 0.717) is 42.6 Å². The average molecular weight is 475 g/mol. The number of nitrogens with zero attached hydrogens (tertiary/aromatic N) is 3. The van der Waals surface area contributed by atoms with E-state index >= 15 is 0 Å². The van der Waals surface area contributed by atoms with Crippen LogP contribution in [0.15, 0.2) is 65.7 Å². The van der Waals surface area contributed by atoms with E-state index in [2.05, 4.69) is 10.2 Å². The maximum absolute atomic E-state index is 13.2. The highest BCUT2D eigenvalue weighted by molar-refractivity contribution is 6.04. The first-order valence-electron chi connectivity index (χ1n) is 11.5. The molecule has 1 fully saturated rings. The highest BCUT2D eigenvalue weighted by Gasteiger charge is 2.32. The number of carbonyl (C=O) groups excluding carboxylic acids is 1. The molecule has 8 heteroatoms. The molecule has 0 radical (unpaired) electrons. The van der Waals surface area contributed by atoms with Crippen molar-refractivity contribution in [2.24, 2.45) is 4.99 Å². The molecule has 3 aromatic carbocycles. The summed E-state index contributed by atoms with van der Waals surface area (Å²) in [6.07, 6.45) is 0. The number of amidine groups is 1. The van der Waals surface area contributed by atoms with Crippen LogP contribution < -0.4 is 14.8 Å². The van der Waals surface area contributed by atoms with Gasteiger partial charge in [0.2, 0.25) is 0 Å². The van der Waals surface area contributed by atoms with E-state index in [-0.39, 0.29) is 17.9 Å². The fourth-order valence-electron chi connectivity index (χ4n) is 4.41. The van der Waals surface area contributed by atoms with Crippen molar-refractivity contribution >= 4 is 23.2 Å². The Balaban J connectivity index is 1.41. The van der Waals surface area contributed by atoms with Gasteiger partial charge in [0.15, 0.2) is 5.75 Å². The lowest BCUT2D eigenvalue weighted by Gasteiger charge is -2.41. The molecule has 180 valence electrons. The molecule has 35 heavy (non-hydrogen) atoms. The molecule has 5 rings (SSSR count). The van der Waals surface area contributed by atoms with Crippen molar-refractivity contribution in [1.82, 2.24) is 9.80 Å². The van der Waals surface area contributed by atoms with E-state index < -0.39 is 0 Å². The van der Waals surface area contributed by atoms with Crippen LogP contribution in [0.1, 0.15) is 18.1 Å². The minimum atomic E-state index is -0.341. The number of benzene rings is 3.